The van der Waals surface area contributed by atoms with E-state index in [1.807, 2.05) is 13.8 Å². The van der Waals surface area contributed by atoms with Crippen LogP contribution >= 0.6 is 0 Å². The van der Waals surface area contributed by atoms with Crippen molar-refractivity contribution in [2.75, 3.05) is 6.54 Å². The van der Waals surface area contributed by atoms with Gasteiger partial charge in [-0.1, -0.05) is 34.1 Å². The van der Waals surface area contributed by atoms with E-state index in [2.05, 4.69) is 18.8 Å². The van der Waals surface area contributed by atoms with Crippen molar-refractivity contribution in [3.05, 3.63) is 11.3 Å². The fourth-order valence-corrected chi connectivity index (χ4v) is 3.03. The lowest BCUT2D eigenvalue weighted by molar-refractivity contribution is -0.137. The zero-order valence-corrected chi connectivity index (χ0v) is 15.4. The Kier molecular flexibility index (Phi) is 7.64. The van der Waals surface area contributed by atoms with Gasteiger partial charge in [-0.05, 0) is 30.6 Å². The third-order valence-electron chi connectivity index (χ3n) is 4.09. The van der Waals surface area contributed by atoms with E-state index in [9.17, 15) is 14.7 Å². The summed E-state index contributed by atoms with van der Waals surface area (Å²) in [6.45, 7) is 8.67. The van der Waals surface area contributed by atoms with E-state index in [1.54, 1.807) is 0 Å². The molecule has 24 heavy (non-hydrogen) atoms. The molecule has 0 amide bonds. The smallest absolute Gasteiger partial charge is 0.303 e. The third-order valence-corrected chi connectivity index (χ3v) is 4.09. The van der Waals surface area contributed by atoms with Gasteiger partial charge in [-0.3, -0.25) is 14.6 Å². The molecule has 0 aromatic rings. The van der Waals surface area contributed by atoms with Crippen LogP contribution in [0.3, 0.4) is 0 Å². The molecule has 5 heteroatoms. The molecular formula is C19H31NO4. The highest BCUT2D eigenvalue weighted by Crippen LogP contribution is 2.36. The van der Waals surface area contributed by atoms with E-state index in [0.29, 0.717) is 49.4 Å². The molecule has 1 aliphatic carbocycles. The van der Waals surface area contributed by atoms with Gasteiger partial charge in [-0.25, -0.2) is 0 Å². The number of aliphatic carboxylic acids is 1. The Morgan fingerprint density at radius 2 is 1.88 bits per heavy atom. The van der Waals surface area contributed by atoms with Crippen molar-refractivity contribution in [2.24, 2.45) is 16.3 Å². The highest BCUT2D eigenvalue weighted by molar-refractivity contribution is 6.23. The average Bonchev–Trinajstić information content (AvgIpc) is 2.38. The molecule has 1 rings (SSSR count). The predicted molar refractivity (Wildman–Crippen MR) is 95.5 cm³/mol. The van der Waals surface area contributed by atoms with E-state index < -0.39 is 5.97 Å². The number of aliphatic imine (C=N–C) groups is 1. The molecule has 0 spiro atoms. The number of unbranched alkanes of at least 4 members (excludes halogenated alkanes) is 2. The van der Waals surface area contributed by atoms with Gasteiger partial charge in [-0.15, -0.1) is 0 Å². The van der Waals surface area contributed by atoms with Crippen LogP contribution in [0.25, 0.3) is 0 Å². The van der Waals surface area contributed by atoms with Gasteiger partial charge < -0.3 is 10.2 Å². The summed E-state index contributed by atoms with van der Waals surface area (Å²) in [4.78, 5) is 27.6. The van der Waals surface area contributed by atoms with Crippen molar-refractivity contribution in [3.63, 3.8) is 0 Å². The fourth-order valence-electron chi connectivity index (χ4n) is 3.03. The van der Waals surface area contributed by atoms with Crippen LogP contribution in [-0.4, -0.2) is 34.2 Å². The summed E-state index contributed by atoms with van der Waals surface area (Å²) < 4.78 is 0. The van der Waals surface area contributed by atoms with Crippen molar-refractivity contribution in [1.82, 2.24) is 0 Å². The number of carboxylic acid groups (broad SMARTS) is 1. The van der Waals surface area contributed by atoms with E-state index in [1.165, 1.54) is 0 Å². The van der Waals surface area contributed by atoms with E-state index >= 15 is 0 Å². The zero-order valence-electron chi connectivity index (χ0n) is 15.4. The number of ketones is 1. The summed E-state index contributed by atoms with van der Waals surface area (Å²) in [5.41, 5.74) is 0.930. The molecule has 0 bridgehead atoms. The van der Waals surface area contributed by atoms with Crippen LogP contribution in [0.15, 0.2) is 16.3 Å². The Hall–Kier alpha value is -1.65. The van der Waals surface area contributed by atoms with Crippen LogP contribution in [0, 0.1) is 11.3 Å². The number of nitrogens with zero attached hydrogens (tertiary/aromatic N) is 1. The van der Waals surface area contributed by atoms with Crippen molar-refractivity contribution < 1.29 is 19.8 Å². The topological polar surface area (TPSA) is 87.0 Å². The number of aliphatic hydroxyl groups excluding tert-OH is 1. The highest BCUT2D eigenvalue weighted by Gasteiger charge is 2.35. The number of carbonyl (C=O) groups excluding carboxylic acids is 1. The fraction of sp³-hybridized carbons (Fsp3) is 0.737. The minimum atomic E-state index is -0.774. The summed E-state index contributed by atoms with van der Waals surface area (Å²) in [5, 5.41) is 19.0. The SMILES string of the molecule is CC(C)CC(=NCCCCCC(=O)O)C1=C(O)CC(C)(C)CC1=O. The number of carboxylic acids is 1. The lowest BCUT2D eigenvalue weighted by Gasteiger charge is -2.30. The van der Waals surface area contributed by atoms with Crippen LogP contribution in [-0.2, 0) is 9.59 Å². The predicted octanol–water partition coefficient (Wildman–Crippen LogP) is 4.32. The molecule has 0 unspecified atom stereocenters. The molecule has 2 N–H and O–H groups in total. The highest BCUT2D eigenvalue weighted by atomic mass is 16.4. The second kappa shape index (κ2) is 9.00. The normalized spacial score (nSPS) is 18.4. The van der Waals surface area contributed by atoms with E-state index in [4.69, 9.17) is 5.11 Å². The van der Waals surface area contributed by atoms with E-state index in [0.717, 1.165) is 12.8 Å². The monoisotopic (exact) mass is 337 g/mol. The van der Waals surface area contributed by atoms with Gasteiger partial charge in [-0.2, -0.15) is 0 Å². The first-order chi connectivity index (χ1) is 11.1. The first kappa shape index (κ1) is 20.4. The maximum absolute atomic E-state index is 12.5. The van der Waals surface area contributed by atoms with Crippen LogP contribution in [0.1, 0.15) is 72.6 Å². The molecule has 5 nitrogen and oxygen atoms in total. The molecule has 0 fully saturated rings. The Morgan fingerprint density at radius 3 is 2.42 bits per heavy atom. The number of allylic oxidation sites excluding steroid dienone is 2. The van der Waals surface area contributed by atoms with Gasteiger partial charge in [0.25, 0.3) is 0 Å². The number of hydrogen-bond acceptors (Lipinski definition) is 4. The van der Waals surface area contributed by atoms with Gasteiger partial charge in [0.15, 0.2) is 5.78 Å². The number of aliphatic hydroxyl groups is 1. The van der Waals surface area contributed by atoms with Crippen molar-refractivity contribution in [3.8, 4) is 0 Å². The maximum atomic E-state index is 12.5. The molecule has 0 radical (unpaired) electrons. The first-order valence-electron chi connectivity index (χ1n) is 8.83. The molecule has 0 aromatic carbocycles. The minimum Gasteiger partial charge on any atom is -0.511 e. The van der Waals surface area contributed by atoms with Crippen LogP contribution < -0.4 is 0 Å². The molecule has 1 aliphatic rings. The van der Waals surface area contributed by atoms with Crippen molar-refractivity contribution >= 4 is 17.5 Å². The molecular weight excluding hydrogens is 306 g/mol. The largest absolute Gasteiger partial charge is 0.511 e. The standard InChI is InChI=1S/C19H31NO4/c1-13(2)10-14(20-9-7-5-6-8-17(23)24)18-15(21)11-19(3,4)12-16(18)22/h13,21H,5-12H2,1-4H3,(H,23,24). The number of hydrogen-bond donors (Lipinski definition) is 2. The molecule has 0 atom stereocenters. The average molecular weight is 337 g/mol. The molecule has 136 valence electrons. The van der Waals surface area contributed by atoms with Crippen LogP contribution in [0.4, 0.5) is 0 Å². The lowest BCUT2D eigenvalue weighted by atomic mass is 9.75. The summed E-state index contributed by atoms with van der Waals surface area (Å²) in [6, 6.07) is 0. The molecule has 0 aliphatic heterocycles. The minimum absolute atomic E-state index is 0.0194. The molecule has 0 aromatic heterocycles. The Morgan fingerprint density at radius 1 is 1.21 bits per heavy atom. The second-order valence-electron chi connectivity index (χ2n) is 7.89. The van der Waals surface area contributed by atoms with Gasteiger partial charge in [0, 0.05) is 31.5 Å². The third kappa shape index (κ3) is 6.85. The number of Topliss-reactive ketones (excluding diaryl/α,β-unsaturated/α-hetero) is 1. The Bertz CT molecular complexity index is 529. The Labute approximate surface area is 144 Å². The molecule has 0 heterocycles. The maximum Gasteiger partial charge on any atom is 0.303 e. The number of carbonyl (C=O) groups is 2. The summed E-state index contributed by atoms with van der Waals surface area (Å²) in [5.74, 6) is -0.279. The molecule has 0 saturated heterocycles. The Balaban J connectivity index is 2.79. The van der Waals surface area contributed by atoms with Crippen molar-refractivity contribution in [1.29, 1.82) is 0 Å². The van der Waals surface area contributed by atoms with Crippen molar-refractivity contribution in [2.45, 2.75) is 72.6 Å². The summed E-state index contributed by atoms with van der Waals surface area (Å²) >= 11 is 0. The summed E-state index contributed by atoms with van der Waals surface area (Å²) in [6.07, 6.45) is 4.03. The van der Waals surface area contributed by atoms with Gasteiger partial charge in [0.1, 0.15) is 5.76 Å². The number of rotatable bonds is 9. The molecule has 0 saturated carbocycles. The van der Waals surface area contributed by atoms with Gasteiger partial charge >= 0.3 is 5.97 Å². The van der Waals surface area contributed by atoms with Crippen LogP contribution in [0.2, 0.25) is 0 Å². The summed E-state index contributed by atoms with van der Waals surface area (Å²) in [7, 11) is 0. The zero-order chi connectivity index (χ0) is 18.3. The quantitative estimate of drug-likeness (QED) is 0.484. The van der Waals surface area contributed by atoms with Gasteiger partial charge in [0.05, 0.1) is 5.57 Å². The van der Waals surface area contributed by atoms with Crippen LogP contribution in [0.5, 0.6) is 0 Å². The van der Waals surface area contributed by atoms with E-state index in [-0.39, 0.29) is 23.4 Å². The lowest BCUT2D eigenvalue weighted by Crippen LogP contribution is -2.29. The second-order valence-corrected chi connectivity index (χ2v) is 7.89. The van der Waals surface area contributed by atoms with Gasteiger partial charge in [0.2, 0.25) is 0 Å². The first-order valence-corrected chi connectivity index (χ1v) is 8.83.